The third-order valence-corrected chi connectivity index (χ3v) is 5.38. The first-order valence-corrected chi connectivity index (χ1v) is 9.19. The molecule has 1 aliphatic rings. The van der Waals surface area contributed by atoms with Gasteiger partial charge in [-0.3, -0.25) is 9.69 Å². The second-order valence-corrected chi connectivity index (χ2v) is 7.57. The zero-order chi connectivity index (χ0) is 16.9. The molecule has 2 aromatic rings. The molecule has 0 radical (unpaired) electrons. The van der Waals surface area contributed by atoms with Crippen LogP contribution in [0.1, 0.15) is 31.7 Å². The minimum atomic E-state index is 0.0195. The van der Waals surface area contributed by atoms with Crippen molar-refractivity contribution in [3.63, 3.8) is 0 Å². The molecule has 0 spiro atoms. The molecule has 3 rings (SSSR count). The second-order valence-electron chi connectivity index (χ2n) is 6.11. The Bertz CT molecular complexity index is 678. The number of aryl methyl sites for hydroxylation is 2. The number of ether oxygens (including phenoxy) is 1. The van der Waals surface area contributed by atoms with Crippen molar-refractivity contribution in [3.05, 3.63) is 57.3 Å². The second kappa shape index (κ2) is 7.92. The normalized spacial score (nSPS) is 16.8. The van der Waals surface area contributed by atoms with Gasteiger partial charge in [0.2, 0.25) is 0 Å². The number of rotatable bonds is 5. The van der Waals surface area contributed by atoms with Gasteiger partial charge in [-0.15, -0.1) is 11.3 Å². The number of carbonyl (C=O) groups is 1. The number of amides is 1. The lowest BCUT2D eigenvalue weighted by molar-refractivity contribution is 0.0162. The number of nitrogens with zero attached hydrogens (tertiary/aromatic N) is 1. The van der Waals surface area contributed by atoms with Crippen LogP contribution in [0.2, 0.25) is 0 Å². The molecule has 1 aromatic carbocycles. The van der Waals surface area contributed by atoms with Crippen LogP contribution >= 0.6 is 11.3 Å². The summed E-state index contributed by atoms with van der Waals surface area (Å²) in [4.78, 5) is 17.2. The van der Waals surface area contributed by atoms with Gasteiger partial charge in [-0.1, -0.05) is 30.3 Å². The maximum Gasteiger partial charge on any atom is 0.252 e. The number of benzene rings is 1. The lowest BCUT2D eigenvalue weighted by atomic mass is 10.0. The summed E-state index contributed by atoms with van der Waals surface area (Å²) >= 11 is 1.67. The zero-order valence-corrected chi connectivity index (χ0v) is 15.1. The Morgan fingerprint density at radius 2 is 1.96 bits per heavy atom. The van der Waals surface area contributed by atoms with Crippen LogP contribution in [-0.4, -0.2) is 43.7 Å². The number of thiophene rings is 1. The summed E-state index contributed by atoms with van der Waals surface area (Å²) in [5.74, 6) is 0.0195. The highest BCUT2D eigenvalue weighted by atomic mass is 32.1. The maximum absolute atomic E-state index is 12.5. The average Bonchev–Trinajstić information content (AvgIpc) is 2.95. The number of morpholine rings is 1. The predicted octanol–water partition coefficient (Wildman–Crippen LogP) is 3.17. The van der Waals surface area contributed by atoms with Gasteiger partial charge >= 0.3 is 0 Å². The molecule has 0 bridgehead atoms. The highest BCUT2D eigenvalue weighted by molar-refractivity contribution is 7.12. The van der Waals surface area contributed by atoms with Gasteiger partial charge < -0.3 is 10.1 Å². The van der Waals surface area contributed by atoms with E-state index in [1.165, 1.54) is 10.4 Å². The third kappa shape index (κ3) is 4.04. The van der Waals surface area contributed by atoms with Crippen LogP contribution in [0.4, 0.5) is 0 Å². The summed E-state index contributed by atoms with van der Waals surface area (Å²) in [6.45, 7) is 7.94. The van der Waals surface area contributed by atoms with E-state index in [-0.39, 0.29) is 11.9 Å². The van der Waals surface area contributed by atoms with Gasteiger partial charge in [0, 0.05) is 29.4 Å². The molecule has 1 aromatic heterocycles. The molecule has 24 heavy (non-hydrogen) atoms. The molecular weight excluding hydrogens is 320 g/mol. The fraction of sp³-hybridized carbons (Fsp3) is 0.421. The minimum absolute atomic E-state index is 0.0195. The highest BCUT2D eigenvalue weighted by Crippen LogP contribution is 2.23. The standard InChI is InChI=1S/C19H24N2O2S/c1-14-12-17(15(2)24-14)19(22)20-13-18(16-6-4-3-5-7-16)21-8-10-23-11-9-21/h3-7,12,18H,8-11,13H2,1-2H3,(H,20,22). The van der Waals surface area contributed by atoms with Gasteiger partial charge in [0.15, 0.2) is 0 Å². The SMILES string of the molecule is Cc1cc(C(=O)NCC(c2ccccc2)N2CCOCC2)c(C)s1. The van der Waals surface area contributed by atoms with E-state index in [4.69, 9.17) is 4.74 Å². The van der Waals surface area contributed by atoms with Crippen LogP contribution in [0, 0.1) is 13.8 Å². The fourth-order valence-electron chi connectivity index (χ4n) is 3.16. The molecular formula is C19H24N2O2S. The van der Waals surface area contributed by atoms with Crippen molar-refractivity contribution < 1.29 is 9.53 Å². The van der Waals surface area contributed by atoms with Crippen molar-refractivity contribution in [1.82, 2.24) is 10.2 Å². The van der Waals surface area contributed by atoms with E-state index in [1.54, 1.807) is 11.3 Å². The van der Waals surface area contributed by atoms with Gasteiger partial charge in [-0.2, -0.15) is 0 Å². The van der Waals surface area contributed by atoms with Crippen LogP contribution in [0.3, 0.4) is 0 Å². The van der Waals surface area contributed by atoms with Crippen LogP contribution in [0.15, 0.2) is 36.4 Å². The Morgan fingerprint density at radius 1 is 1.25 bits per heavy atom. The molecule has 1 amide bonds. The number of carbonyl (C=O) groups excluding carboxylic acids is 1. The van der Waals surface area contributed by atoms with Crippen molar-refractivity contribution in [1.29, 1.82) is 0 Å². The molecule has 4 nitrogen and oxygen atoms in total. The van der Waals surface area contributed by atoms with E-state index in [9.17, 15) is 4.79 Å². The van der Waals surface area contributed by atoms with Gasteiger partial charge in [0.1, 0.15) is 0 Å². The summed E-state index contributed by atoms with van der Waals surface area (Å²) in [5, 5.41) is 3.13. The van der Waals surface area contributed by atoms with Gasteiger partial charge in [0.25, 0.3) is 5.91 Å². The average molecular weight is 344 g/mol. The quantitative estimate of drug-likeness (QED) is 0.906. The summed E-state index contributed by atoms with van der Waals surface area (Å²) in [6, 6.07) is 12.5. The fourth-order valence-corrected chi connectivity index (χ4v) is 4.08. The third-order valence-electron chi connectivity index (χ3n) is 4.41. The van der Waals surface area contributed by atoms with Crippen molar-refractivity contribution in [2.45, 2.75) is 19.9 Å². The van der Waals surface area contributed by atoms with Crippen molar-refractivity contribution in [2.24, 2.45) is 0 Å². The molecule has 1 aliphatic heterocycles. The predicted molar refractivity (Wildman–Crippen MR) is 97.7 cm³/mol. The van der Waals surface area contributed by atoms with E-state index in [2.05, 4.69) is 34.5 Å². The van der Waals surface area contributed by atoms with Crippen LogP contribution in [0.25, 0.3) is 0 Å². The Kier molecular flexibility index (Phi) is 5.66. The van der Waals surface area contributed by atoms with Gasteiger partial charge in [-0.05, 0) is 25.5 Å². The lowest BCUT2D eigenvalue weighted by Gasteiger charge is -2.35. The van der Waals surface area contributed by atoms with Gasteiger partial charge in [-0.25, -0.2) is 0 Å². The molecule has 1 N–H and O–H groups in total. The highest BCUT2D eigenvalue weighted by Gasteiger charge is 2.23. The molecule has 2 heterocycles. The van der Waals surface area contributed by atoms with E-state index >= 15 is 0 Å². The van der Waals surface area contributed by atoms with E-state index in [0.717, 1.165) is 36.7 Å². The first kappa shape index (κ1) is 17.1. The number of hydrogen-bond acceptors (Lipinski definition) is 4. The first-order valence-electron chi connectivity index (χ1n) is 8.37. The largest absolute Gasteiger partial charge is 0.379 e. The molecule has 5 heteroatoms. The van der Waals surface area contributed by atoms with Crippen LogP contribution in [0.5, 0.6) is 0 Å². The minimum Gasteiger partial charge on any atom is -0.379 e. The molecule has 128 valence electrons. The Balaban J connectivity index is 1.72. The Hall–Kier alpha value is -1.69. The molecule has 0 saturated carbocycles. The Morgan fingerprint density at radius 3 is 2.58 bits per heavy atom. The van der Waals surface area contributed by atoms with Crippen LogP contribution < -0.4 is 5.32 Å². The zero-order valence-electron chi connectivity index (χ0n) is 14.2. The summed E-state index contributed by atoms with van der Waals surface area (Å²) < 4.78 is 5.47. The topological polar surface area (TPSA) is 41.6 Å². The number of hydrogen-bond donors (Lipinski definition) is 1. The van der Waals surface area contributed by atoms with E-state index in [1.807, 2.05) is 26.0 Å². The monoisotopic (exact) mass is 344 g/mol. The molecule has 1 atom stereocenters. The first-order chi connectivity index (χ1) is 11.6. The smallest absolute Gasteiger partial charge is 0.252 e. The van der Waals surface area contributed by atoms with Crippen LogP contribution in [-0.2, 0) is 4.74 Å². The molecule has 1 saturated heterocycles. The maximum atomic E-state index is 12.5. The van der Waals surface area contributed by atoms with Crippen molar-refractivity contribution in [2.75, 3.05) is 32.8 Å². The Labute approximate surface area is 147 Å². The van der Waals surface area contributed by atoms with E-state index < -0.39 is 0 Å². The summed E-state index contributed by atoms with van der Waals surface area (Å²) in [5.41, 5.74) is 2.03. The van der Waals surface area contributed by atoms with Gasteiger partial charge in [0.05, 0.1) is 24.8 Å². The molecule has 1 unspecified atom stereocenters. The van der Waals surface area contributed by atoms with E-state index in [0.29, 0.717) is 6.54 Å². The number of nitrogens with one attached hydrogen (secondary N) is 1. The van der Waals surface area contributed by atoms with Crippen molar-refractivity contribution in [3.8, 4) is 0 Å². The summed E-state index contributed by atoms with van der Waals surface area (Å²) in [7, 11) is 0. The molecule has 1 fully saturated rings. The molecule has 0 aliphatic carbocycles. The summed E-state index contributed by atoms with van der Waals surface area (Å²) in [6.07, 6.45) is 0. The lowest BCUT2D eigenvalue weighted by Crippen LogP contribution is -2.43. The van der Waals surface area contributed by atoms with Crippen molar-refractivity contribution >= 4 is 17.2 Å².